The molecule has 80 heavy (non-hydrogen) atoms. The summed E-state index contributed by atoms with van der Waals surface area (Å²) in [5.41, 5.74) is 30.7. The van der Waals surface area contributed by atoms with Crippen LogP contribution in [0.2, 0.25) is 0 Å². The molecule has 14 rings (SSSR count). The topological polar surface area (TPSA) is 256 Å². The van der Waals surface area contributed by atoms with Gasteiger partial charge in [0.2, 0.25) is 0 Å². The average molecular weight is 1070 g/mol. The van der Waals surface area contributed by atoms with Crippen LogP contribution in [0.25, 0.3) is 86.2 Å². The molecule has 2 amide bonds. The van der Waals surface area contributed by atoms with Gasteiger partial charge in [-0.3, -0.25) is 29.4 Å². The van der Waals surface area contributed by atoms with Crippen molar-refractivity contribution in [1.82, 2.24) is 9.80 Å². The van der Waals surface area contributed by atoms with Crippen molar-refractivity contribution in [3.8, 4) is 0 Å². The Bertz CT molecular complexity index is 4120. The molecule has 0 unspecified atom stereocenters. The average Bonchev–Trinajstić information content (AvgIpc) is 3.39. The first kappa shape index (κ1) is 55.9. The minimum absolute atomic E-state index is 0.0375. The van der Waals surface area contributed by atoms with Gasteiger partial charge in [-0.05, 0) is 241 Å². The summed E-state index contributed by atoms with van der Waals surface area (Å²) in [6.07, 6.45) is 0. The van der Waals surface area contributed by atoms with Gasteiger partial charge < -0.3 is 32.4 Å². The molecule has 10 aromatic carbocycles. The molecule has 4 aliphatic rings. The molecule has 0 spiro atoms. The van der Waals surface area contributed by atoms with Gasteiger partial charge >= 0.3 is 23.9 Å². The van der Waals surface area contributed by atoms with Gasteiger partial charge in [0.05, 0.1) is 22.3 Å². The summed E-state index contributed by atoms with van der Waals surface area (Å²) >= 11 is 0. The summed E-state index contributed by atoms with van der Waals surface area (Å²) in [5, 5.41) is 15.2. The van der Waals surface area contributed by atoms with Crippen molar-refractivity contribution in [2.24, 2.45) is 32.9 Å². The first-order valence-corrected chi connectivity index (χ1v) is 26.1. The Labute approximate surface area is 462 Å². The first-order valence-electron chi connectivity index (χ1n) is 26.1. The largest absolute Gasteiger partial charge is 0.386 e. The van der Waals surface area contributed by atoms with Gasteiger partial charge in [0.25, 0.3) is 11.8 Å². The van der Waals surface area contributed by atoms with E-state index in [0.29, 0.717) is 55.8 Å². The number of esters is 4. The van der Waals surface area contributed by atoms with Crippen molar-refractivity contribution in [1.29, 1.82) is 0 Å². The standard InChI is InChI=1S/C32H28N4O2.C28H16O6.4CH5N/c1-13-9-17-25-19(31(37)35(7)29(17)33-5)12-16(4)24-22-14(2)10-18-26-20(32(38)36(8)30(18)34-6)11-15(3)23(28(22)26)21(13)27(24)25;1-9-5-13-21-14(26(30)33-25(13)29)7-11(3)19-20-12(4)8-16-22-15(27(31)34-28(16)32)6-10(2)18(24(20)22)17(9)23(19)21;4*1-2/h9-12H,1-8H3;5-8H,1-4H3;4*2H2,1H3. The number of hydrogen-bond donors (Lipinski definition) is 4. The molecule has 10 aromatic rings. The fourth-order valence-corrected chi connectivity index (χ4v) is 13.4. The molecule has 408 valence electrons. The molecular formula is C64H64N8O8. The number of benzene rings is 10. The van der Waals surface area contributed by atoms with Gasteiger partial charge in [0.15, 0.2) is 0 Å². The summed E-state index contributed by atoms with van der Waals surface area (Å²) in [4.78, 5) is 90.3. The maximum atomic E-state index is 13.6. The number of aliphatic imine (C=N–C) groups is 2. The van der Waals surface area contributed by atoms with E-state index in [4.69, 9.17) is 9.47 Å². The molecule has 8 N–H and O–H groups in total. The predicted octanol–water partition coefficient (Wildman–Crippen LogP) is 9.79. The Morgan fingerprint density at radius 2 is 0.463 bits per heavy atom. The molecule has 0 aromatic heterocycles. The summed E-state index contributed by atoms with van der Waals surface area (Å²) < 4.78 is 10.1. The minimum atomic E-state index is -0.653. The van der Waals surface area contributed by atoms with E-state index in [0.717, 1.165) is 131 Å². The molecule has 4 aliphatic heterocycles. The predicted molar refractivity (Wildman–Crippen MR) is 322 cm³/mol. The Kier molecular flexibility index (Phi) is 14.1. The molecule has 0 atom stereocenters. The van der Waals surface area contributed by atoms with Crippen molar-refractivity contribution < 1.29 is 38.2 Å². The Morgan fingerprint density at radius 3 is 0.662 bits per heavy atom. The molecular weight excluding hydrogens is 1010 g/mol. The zero-order valence-electron chi connectivity index (χ0n) is 48.0. The monoisotopic (exact) mass is 1070 g/mol. The quantitative estimate of drug-likeness (QED) is 0.0479. The van der Waals surface area contributed by atoms with Crippen molar-refractivity contribution in [2.45, 2.75) is 55.4 Å². The minimum Gasteiger partial charge on any atom is -0.386 e. The van der Waals surface area contributed by atoms with Gasteiger partial charge in [-0.2, -0.15) is 0 Å². The van der Waals surface area contributed by atoms with Gasteiger partial charge in [-0.25, -0.2) is 19.2 Å². The van der Waals surface area contributed by atoms with Gasteiger partial charge in [0, 0.05) is 72.0 Å². The lowest BCUT2D eigenvalue weighted by Crippen LogP contribution is -2.38. The number of nitrogens with zero attached hydrogens (tertiary/aromatic N) is 4. The summed E-state index contributed by atoms with van der Waals surface area (Å²) in [6.45, 7) is 16.2. The number of amides is 2. The Morgan fingerprint density at radius 1 is 0.287 bits per heavy atom. The lowest BCUT2D eigenvalue weighted by molar-refractivity contribution is 0.0373. The van der Waals surface area contributed by atoms with Crippen LogP contribution in [-0.2, 0) is 9.47 Å². The third-order valence-electron chi connectivity index (χ3n) is 16.1. The highest BCUT2D eigenvalue weighted by atomic mass is 16.6. The van der Waals surface area contributed by atoms with E-state index in [-0.39, 0.29) is 11.8 Å². The third-order valence-corrected chi connectivity index (χ3v) is 16.1. The van der Waals surface area contributed by atoms with Crippen LogP contribution in [0, 0.1) is 55.4 Å². The van der Waals surface area contributed by atoms with Crippen LogP contribution in [0.5, 0.6) is 0 Å². The number of hydrogen-bond acceptors (Lipinski definition) is 14. The number of ether oxygens (including phenoxy) is 2. The van der Waals surface area contributed by atoms with E-state index in [2.05, 4.69) is 72.7 Å². The van der Waals surface area contributed by atoms with Crippen LogP contribution < -0.4 is 22.9 Å². The molecule has 0 radical (unpaired) electrons. The number of cyclic esters (lactones) is 4. The Hall–Kier alpha value is -8.80. The number of carbonyl (C=O) groups excluding carboxylic acids is 6. The SMILES string of the molecule is CN.CN.CN.CN.CN=C1c2cc(C)c3c4c(C)cc5c6c(cc(C)c(c7c(C)cc(c2c73)C(=O)N1C)c64)C(=NC)N(C)C5=O.Cc1cc2c3c(cc(C)c4c5c(C)cc6c7c(cc(C)c(c1c34)c75)C(=O)OC6=O)C(=O)OC2=O. The highest BCUT2D eigenvalue weighted by molar-refractivity contribution is 6.45. The van der Waals surface area contributed by atoms with E-state index in [1.165, 1.54) is 28.2 Å². The number of nitrogens with two attached hydrogens (primary N) is 4. The number of carbonyl (C=O) groups is 6. The molecule has 16 nitrogen and oxygen atoms in total. The van der Waals surface area contributed by atoms with Crippen LogP contribution in [0.3, 0.4) is 0 Å². The van der Waals surface area contributed by atoms with E-state index in [1.807, 2.05) is 39.8 Å². The van der Waals surface area contributed by atoms with Crippen molar-refractivity contribution in [2.75, 3.05) is 56.4 Å². The van der Waals surface area contributed by atoms with Crippen LogP contribution in [0.1, 0.15) is 118 Å². The normalized spacial score (nSPS) is 15.1. The smallest absolute Gasteiger partial charge is 0.346 e. The number of fused-ring (bicyclic) bond motifs is 4. The van der Waals surface area contributed by atoms with Crippen molar-refractivity contribution in [3.05, 3.63) is 138 Å². The molecule has 4 heterocycles. The fourth-order valence-electron chi connectivity index (χ4n) is 13.4. The number of aryl methyl sites for hydroxylation is 8. The lowest BCUT2D eigenvalue weighted by Gasteiger charge is -2.32. The van der Waals surface area contributed by atoms with E-state index in [9.17, 15) is 28.8 Å². The highest BCUT2D eigenvalue weighted by Gasteiger charge is 2.38. The summed E-state index contributed by atoms with van der Waals surface area (Å²) in [7, 11) is 13.1. The van der Waals surface area contributed by atoms with Crippen LogP contribution >= 0.6 is 0 Å². The second kappa shape index (κ2) is 20.1. The number of rotatable bonds is 0. The number of amidine groups is 2. The maximum absolute atomic E-state index is 13.6. The first-order chi connectivity index (χ1) is 38.3. The van der Waals surface area contributed by atoms with Crippen LogP contribution in [0.15, 0.2) is 58.5 Å². The second-order valence-electron chi connectivity index (χ2n) is 20.1. The third kappa shape index (κ3) is 7.22. The van der Waals surface area contributed by atoms with Gasteiger partial charge in [-0.1, -0.05) is 0 Å². The zero-order chi connectivity index (χ0) is 58.7. The van der Waals surface area contributed by atoms with Crippen LogP contribution in [-0.4, -0.2) is 114 Å². The van der Waals surface area contributed by atoms with Crippen molar-refractivity contribution >= 4 is 134 Å². The molecule has 0 bridgehead atoms. The molecule has 0 fully saturated rings. The van der Waals surface area contributed by atoms with E-state index >= 15 is 0 Å². The van der Waals surface area contributed by atoms with Gasteiger partial charge in [-0.15, -0.1) is 0 Å². The fraction of sp³-hybridized carbons (Fsp3) is 0.250. The van der Waals surface area contributed by atoms with E-state index < -0.39 is 23.9 Å². The summed E-state index contributed by atoms with van der Waals surface area (Å²) in [5.74, 6) is -1.31. The van der Waals surface area contributed by atoms with Crippen LogP contribution in [0.4, 0.5) is 0 Å². The zero-order valence-corrected chi connectivity index (χ0v) is 48.0. The van der Waals surface area contributed by atoms with Crippen molar-refractivity contribution in [3.63, 3.8) is 0 Å². The molecule has 16 heteroatoms. The maximum Gasteiger partial charge on any atom is 0.346 e. The molecule has 0 aliphatic carbocycles. The highest BCUT2D eigenvalue weighted by Crippen LogP contribution is 2.52. The van der Waals surface area contributed by atoms with E-state index in [1.54, 1.807) is 62.3 Å². The molecule has 0 saturated carbocycles. The Balaban J connectivity index is 0.000000173. The second-order valence-corrected chi connectivity index (χ2v) is 20.1. The summed E-state index contributed by atoms with van der Waals surface area (Å²) in [6, 6.07) is 15.5. The lowest BCUT2D eigenvalue weighted by atomic mass is 9.77. The van der Waals surface area contributed by atoms with Gasteiger partial charge in [0.1, 0.15) is 11.7 Å². The molecule has 0 saturated heterocycles.